The average molecular weight is 438 g/mol. The quantitative estimate of drug-likeness (QED) is 0.495. The Balaban J connectivity index is 1.77. The van der Waals surface area contributed by atoms with Crippen molar-refractivity contribution < 1.29 is 13.2 Å². The van der Waals surface area contributed by atoms with Crippen LogP contribution in [0.1, 0.15) is 15.9 Å². The molecule has 1 amide bonds. The van der Waals surface area contributed by atoms with Crippen LogP contribution in [0.5, 0.6) is 0 Å². The van der Waals surface area contributed by atoms with Gasteiger partial charge in [0.2, 0.25) is 15.9 Å². The maximum absolute atomic E-state index is 13.2. The smallest absolute Gasteiger partial charge is 0.249 e. The lowest BCUT2D eigenvalue weighted by Gasteiger charge is -2.18. The van der Waals surface area contributed by atoms with E-state index in [0.29, 0.717) is 11.1 Å². The third-order valence-corrected chi connectivity index (χ3v) is 7.45. The van der Waals surface area contributed by atoms with Gasteiger partial charge in [-0.05, 0) is 47.0 Å². The van der Waals surface area contributed by atoms with Crippen molar-refractivity contribution in [1.82, 2.24) is 9.29 Å². The van der Waals surface area contributed by atoms with Gasteiger partial charge >= 0.3 is 0 Å². The third-order valence-electron chi connectivity index (χ3n) is 4.86. The molecule has 0 radical (unpaired) electrons. The normalized spacial score (nSPS) is 11.8. The van der Waals surface area contributed by atoms with Crippen molar-refractivity contribution in [3.05, 3.63) is 83.4 Å². The molecule has 6 nitrogen and oxygen atoms in total. The number of fused-ring (bicyclic) bond motifs is 1. The minimum atomic E-state index is -3.77. The predicted octanol–water partition coefficient (Wildman–Crippen LogP) is 3.88. The SMILES string of the molecule is CN(Cc1ccccc1)S(=O)(=O)c1ccc(C(N)=O)c(-c2ccc3ncsc3c2)c1. The van der Waals surface area contributed by atoms with Gasteiger partial charge in [-0.25, -0.2) is 13.4 Å². The fourth-order valence-electron chi connectivity index (χ4n) is 3.27. The lowest BCUT2D eigenvalue weighted by Crippen LogP contribution is -2.26. The third kappa shape index (κ3) is 3.85. The molecule has 0 spiro atoms. The van der Waals surface area contributed by atoms with E-state index in [1.165, 1.54) is 40.9 Å². The number of rotatable bonds is 6. The van der Waals surface area contributed by atoms with E-state index in [1.54, 1.807) is 5.51 Å². The molecule has 0 saturated heterocycles. The van der Waals surface area contributed by atoms with Crippen molar-refractivity contribution in [2.45, 2.75) is 11.4 Å². The van der Waals surface area contributed by atoms with Gasteiger partial charge in [-0.2, -0.15) is 4.31 Å². The Kier molecular flexibility index (Phi) is 5.38. The number of hydrogen-bond acceptors (Lipinski definition) is 5. The first-order valence-corrected chi connectivity index (χ1v) is 11.5. The summed E-state index contributed by atoms with van der Waals surface area (Å²) in [5.74, 6) is -0.615. The number of primary amides is 1. The summed E-state index contributed by atoms with van der Waals surface area (Å²) in [5.41, 5.74) is 10.5. The van der Waals surface area contributed by atoms with Crippen molar-refractivity contribution >= 4 is 37.5 Å². The molecule has 0 atom stereocenters. The Morgan fingerprint density at radius 2 is 1.83 bits per heavy atom. The molecule has 0 saturated carbocycles. The van der Waals surface area contributed by atoms with Crippen LogP contribution < -0.4 is 5.73 Å². The molecule has 1 aromatic heterocycles. The number of hydrogen-bond donors (Lipinski definition) is 1. The molecular formula is C22H19N3O3S2. The van der Waals surface area contributed by atoms with E-state index in [4.69, 9.17) is 5.73 Å². The number of amides is 1. The number of nitrogens with zero attached hydrogens (tertiary/aromatic N) is 2. The number of nitrogens with two attached hydrogens (primary N) is 1. The molecule has 8 heteroatoms. The summed E-state index contributed by atoms with van der Waals surface area (Å²) < 4.78 is 28.6. The van der Waals surface area contributed by atoms with E-state index < -0.39 is 15.9 Å². The Labute approximate surface area is 178 Å². The van der Waals surface area contributed by atoms with Crippen LogP contribution in [0.2, 0.25) is 0 Å². The second-order valence-corrected chi connectivity index (χ2v) is 9.78. The summed E-state index contributed by atoms with van der Waals surface area (Å²) in [6.07, 6.45) is 0. The lowest BCUT2D eigenvalue weighted by molar-refractivity contribution is 0.100. The number of thiazole rings is 1. The summed E-state index contributed by atoms with van der Waals surface area (Å²) in [4.78, 5) is 16.4. The molecule has 3 aromatic carbocycles. The lowest BCUT2D eigenvalue weighted by atomic mass is 9.99. The van der Waals surface area contributed by atoms with Crippen LogP contribution in [0.25, 0.3) is 21.3 Å². The van der Waals surface area contributed by atoms with E-state index in [0.717, 1.165) is 15.8 Å². The number of carbonyl (C=O) groups is 1. The molecule has 4 rings (SSSR count). The number of sulfonamides is 1. The van der Waals surface area contributed by atoms with Crippen molar-refractivity contribution in [2.75, 3.05) is 7.05 Å². The molecule has 30 heavy (non-hydrogen) atoms. The Morgan fingerprint density at radius 3 is 2.57 bits per heavy atom. The van der Waals surface area contributed by atoms with Crippen LogP contribution in [0.3, 0.4) is 0 Å². The molecule has 1 heterocycles. The van der Waals surface area contributed by atoms with Gasteiger partial charge in [0.1, 0.15) is 0 Å². The molecule has 0 aliphatic heterocycles. The van der Waals surface area contributed by atoms with E-state index in [2.05, 4.69) is 4.98 Å². The monoisotopic (exact) mass is 437 g/mol. The first-order valence-electron chi connectivity index (χ1n) is 9.14. The van der Waals surface area contributed by atoms with Crippen molar-refractivity contribution in [3.8, 4) is 11.1 Å². The highest BCUT2D eigenvalue weighted by Crippen LogP contribution is 2.31. The Morgan fingerprint density at radius 1 is 1.07 bits per heavy atom. The van der Waals surface area contributed by atoms with E-state index >= 15 is 0 Å². The van der Waals surface area contributed by atoms with E-state index in [1.807, 2.05) is 48.5 Å². The molecule has 4 aromatic rings. The predicted molar refractivity (Wildman–Crippen MR) is 119 cm³/mol. The van der Waals surface area contributed by atoms with Gasteiger partial charge in [0.25, 0.3) is 0 Å². The van der Waals surface area contributed by atoms with Crippen LogP contribution in [-0.2, 0) is 16.6 Å². The van der Waals surface area contributed by atoms with Crippen LogP contribution in [0.15, 0.2) is 77.1 Å². The van der Waals surface area contributed by atoms with Gasteiger partial charge in [0.05, 0.1) is 20.6 Å². The van der Waals surface area contributed by atoms with Crippen LogP contribution in [-0.4, -0.2) is 30.7 Å². The molecule has 0 aliphatic rings. The zero-order valence-corrected chi connectivity index (χ0v) is 17.8. The van der Waals surface area contributed by atoms with Crippen molar-refractivity contribution in [1.29, 1.82) is 0 Å². The fraction of sp³-hybridized carbons (Fsp3) is 0.0909. The molecule has 0 unspecified atom stereocenters. The molecule has 0 fully saturated rings. The molecule has 2 N–H and O–H groups in total. The van der Waals surface area contributed by atoms with Gasteiger partial charge < -0.3 is 5.73 Å². The highest BCUT2D eigenvalue weighted by molar-refractivity contribution is 7.89. The molecular weight excluding hydrogens is 418 g/mol. The van der Waals surface area contributed by atoms with Gasteiger partial charge in [-0.1, -0.05) is 36.4 Å². The molecule has 0 aliphatic carbocycles. The van der Waals surface area contributed by atoms with Crippen LogP contribution >= 0.6 is 11.3 Å². The fourth-order valence-corrected chi connectivity index (χ4v) is 5.17. The maximum atomic E-state index is 13.2. The van der Waals surface area contributed by atoms with Gasteiger partial charge in [-0.15, -0.1) is 11.3 Å². The molecule has 152 valence electrons. The second-order valence-electron chi connectivity index (χ2n) is 6.85. The first kappa shape index (κ1) is 20.2. The zero-order valence-electron chi connectivity index (χ0n) is 16.1. The first-order chi connectivity index (χ1) is 14.4. The Hall–Kier alpha value is -3.07. The minimum Gasteiger partial charge on any atom is -0.366 e. The standard InChI is InChI=1S/C22H19N3O3S2/c1-25(13-15-5-3-2-4-6-15)30(27,28)17-8-9-18(22(23)26)19(12-17)16-7-10-20-21(11-16)29-14-24-20/h2-12,14H,13H2,1H3,(H2,23,26). The topological polar surface area (TPSA) is 93.4 Å². The zero-order chi connectivity index (χ0) is 21.3. The number of aromatic nitrogens is 1. The van der Waals surface area contributed by atoms with Crippen molar-refractivity contribution in [3.63, 3.8) is 0 Å². The number of benzene rings is 3. The number of carbonyl (C=O) groups excluding carboxylic acids is 1. The van der Waals surface area contributed by atoms with E-state index in [9.17, 15) is 13.2 Å². The largest absolute Gasteiger partial charge is 0.366 e. The Bertz CT molecular complexity index is 1330. The van der Waals surface area contributed by atoms with Crippen LogP contribution in [0, 0.1) is 0 Å². The minimum absolute atomic E-state index is 0.102. The van der Waals surface area contributed by atoms with Gasteiger partial charge in [-0.3, -0.25) is 4.79 Å². The van der Waals surface area contributed by atoms with Crippen molar-refractivity contribution in [2.24, 2.45) is 5.73 Å². The maximum Gasteiger partial charge on any atom is 0.249 e. The average Bonchev–Trinajstić information content (AvgIpc) is 3.21. The van der Waals surface area contributed by atoms with Gasteiger partial charge in [0, 0.05) is 19.2 Å². The summed E-state index contributed by atoms with van der Waals surface area (Å²) in [5, 5.41) is 0. The molecule has 0 bridgehead atoms. The summed E-state index contributed by atoms with van der Waals surface area (Å²) in [6.45, 7) is 0.239. The second kappa shape index (κ2) is 7.98. The summed E-state index contributed by atoms with van der Waals surface area (Å²) in [7, 11) is -2.24. The van der Waals surface area contributed by atoms with Crippen LogP contribution in [0.4, 0.5) is 0 Å². The highest BCUT2D eigenvalue weighted by atomic mass is 32.2. The summed E-state index contributed by atoms with van der Waals surface area (Å²) >= 11 is 1.47. The summed E-state index contributed by atoms with van der Waals surface area (Å²) in [6, 6.07) is 19.3. The highest BCUT2D eigenvalue weighted by Gasteiger charge is 2.23. The van der Waals surface area contributed by atoms with Gasteiger partial charge in [0.15, 0.2) is 0 Å². The van der Waals surface area contributed by atoms with E-state index in [-0.39, 0.29) is 17.0 Å².